The summed E-state index contributed by atoms with van der Waals surface area (Å²) in [5.41, 5.74) is 0.291. The Hall–Kier alpha value is -3.13. The van der Waals surface area contributed by atoms with Crippen LogP contribution in [0.5, 0.6) is 0 Å². The van der Waals surface area contributed by atoms with E-state index in [1.807, 2.05) is 0 Å². The molecular weight excluding hydrogens is 350 g/mol. The molecule has 25 heavy (non-hydrogen) atoms. The van der Waals surface area contributed by atoms with Crippen molar-refractivity contribution in [2.75, 3.05) is 5.32 Å². The van der Waals surface area contributed by atoms with Gasteiger partial charge in [0, 0.05) is 6.20 Å². The van der Waals surface area contributed by atoms with E-state index in [0.29, 0.717) is 10.4 Å². The highest BCUT2D eigenvalue weighted by Crippen LogP contribution is 2.30. The van der Waals surface area contributed by atoms with Crippen LogP contribution in [-0.2, 0) is 0 Å². The molecule has 0 fully saturated rings. The number of thiazole rings is 1. The SMILES string of the molecule is O=C(O)c1ccccc1C(=O)Nc1ncc(-c2ccc(F)c(F)c2)s1. The Morgan fingerprint density at radius 3 is 2.44 bits per heavy atom. The largest absolute Gasteiger partial charge is 0.478 e. The normalized spacial score (nSPS) is 10.5. The number of carboxylic acid groups (broad SMARTS) is 1. The van der Waals surface area contributed by atoms with Crippen molar-refractivity contribution in [1.82, 2.24) is 4.98 Å². The standard InChI is InChI=1S/C17H10F2N2O3S/c18-12-6-5-9(7-13(12)19)14-8-20-17(25-14)21-15(22)10-3-1-2-4-11(10)16(23)24/h1-8H,(H,23,24)(H,20,21,22). The number of amides is 1. The number of benzene rings is 2. The van der Waals surface area contributed by atoms with E-state index < -0.39 is 23.5 Å². The number of nitrogens with zero attached hydrogens (tertiary/aromatic N) is 1. The van der Waals surface area contributed by atoms with Crippen LogP contribution in [0.15, 0.2) is 48.7 Å². The molecule has 3 rings (SSSR count). The number of carbonyl (C=O) groups is 2. The summed E-state index contributed by atoms with van der Waals surface area (Å²) in [5, 5.41) is 11.8. The van der Waals surface area contributed by atoms with Crippen LogP contribution in [0.1, 0.15) is 20.7 Å². The van der Waals surface area contributed by atoms with Crippen LogP contribution in [-0.4, -0.2) is 22.0 Å². The van der Waals surface area contributed by atoms with Crippen LogP contribution in [0.3, 0.4) is 0 Å². The minimum Gasteiger partial charge on any atom is -0.478 e. The Bertz CT molecular complexity index is 972. The van der Waals surface area contributed by atoms with Crippen LogP contribution in [0.4, 0.5) is 13.9 Å². The molecule has 5 nitrogen and oxygen atoms in total. The van der Waals surface area contributed by atoms with E-state index in [1.54, 1.807) is 6.07 Å². The minimum absolute atomic E-state index is 0.000392. The molecule has 0 radical (unpaired) electrons. The number of nitrogens with one attached hydrogen (secondary N) is 1. The van der Waals surface area contributed by atoms with Crippen molar-refractivity contribution in [2.24, 2.45) is 0 Å². The molecule has 0 spiro atoms. The Morgan fingerprint density at radius 2 is 1.76 bits per heavy atom. The average molecular weight is 360 g/mol. The van der Waals surface area contributed by atoms with Gasteiger partial charge in [-0.1, -0.05) is 29.5 Å². The van der Waals surface area contributed by atoms with Gasteiger partial charge >= 0.3 is 5.97 Å². The zero-order valence-corrected chi connectivity index (χ0v) is 13.3. The van der Waals surface area contributed by atoms with Gasteiger partial charge in [0.1, 0.15) is 0 Å². The third-order valence-electron chi connectivity index (χ3n) is 3.33. The molecule has 1 amide bonds. The lowest BCUT2D eigenvalue weighted by Crippen LogP contribution is -2.16. The predicted molar refractivity (Wildman–Crippen MR) is 88.8 cm³/mol. The molecule has 2 aromatic carbocycles. The third-order valence-corrected chi connectivity index (χ3v) is 4.29. The quantitative estimate of drug-likeness (QED) is 0.736. The van der Waals surface area contributed by atoms with Crippen molar-refractivity contribution in [3.05, 3.63) is 71.4 Å². The zero-order chi connectivity index (χ0) is 18.0. The van der Waals surface area contributed by atoms with Crippen LogP contribution in [0, 0.1) is 11.6 Å². The molecule has 0 atom stereocenters. The topological polar surface area (TPSA) is 79.3 Å². The number of hydrogen-bond donors (Lipinski definition) is 2. The zero-order valence-electron chi connectivity index (χ0n) is 12.5. The van der Waals surface area contributed by atoms with Crippen LogP contribution >= 0.6 is 11.3 Å². The van der Waals surface area contributed by atoms with Crippen molar-refractivity contribution in [1.29, 1.82) is 0 Å². The fraction of sp³-hybridized carbons (Fsp3) is 0. The molecule has 1 aromatic heterocycles. The van der Waals surface area contributed by atoms with Crippen LogP contribution < -0.4 is 5.32 Å². The number of rotatable bonds is 4. The average Bonchev–Trinajstić information content (AvgIpc) is 3.05. The second kappa shape index (κ2) is 6.78. The molecule has 126 valence electrons. The van der Waals surface area contributed by atoms with Gasteiger partial charge in [-0.15, -0.1) is 0 Å². The summed E-state index contributed by atoms with van der Waals surface area (Å²) >= 11 is 1.06. The number of anilines is 1. The predicted octanol–water partition coefficient (Wildman–Crippen LogP) is 4.04. The third kappa shape index (κ3) is 3.53. The van der Waals surface area contributed by atoms with Gasteiger partial charge in [0.2, 0.25) is 0 Å². The Kier molecular flexibility index (Phi) is 4.53. The number of halogens is 2. The summed E-state index contributed by atoms with van der Waals surface area (Å²) in [6.07, 6.45) is 1.41. The van der Waals surface area contributed by atoms with E-state index in [2.05, 4.69) is 10.3 Å². The fourth-order valence-electron chi connectivity index (χ4n) is 2.15. The number of carboxylic acids is 1. The highest BCUT2D eigenvalue weighted by atomic mass is 32.1. The van der Waals surface area contributed by atoms with Gasteiger partial charge in [-0.25, -0.2) is 18.6 Å². The Labute approximate surface area is 144 Å². The molecule has 3 aromatic rings. The maximum absolute atomic E-state index is 13.3. The van der Waals surface area contributed by atoms with Gasteiger partial charge < -0.3 is 5.11 Å². The molecule has 0 saturated carbocycles. The maximum Gasteiger partial charge on any atom is 0.336 e. The van der Waals surface area contributed by atoms with Gasteiger partial charge in [-0.3, -0.25) is 10.1 Å². The van der Waals surface area contributed by atoms with E-state index in [9.17, 15) is 18.4 Å². The summed E-state index contributed by atoms with van der Waals surface area (Å²) in [6.45, 7) is 0. The molecule has 0 unspecified atom stereocenters. The molecule has 0 saturated heterocycles. The molecule has 0 aliphatic heterocycles. The first-order valence-corrected chi connectivity index (χ1v) is 7.82. The van der Waals surface area contributed by atoms with Crippen molar-refractivity contribution >= 4 is 28.3 Å². The lowest BCUT2D eigenvalue weighted by atomic mass is 10.1. The van der Waals surface area contributed by atoms with Crippen molar-refractivity contribution in [3.63, 3.8) is 0 Å². The van der Waals surface area contributed by atoms with Crippen LogP contribution in [0.25, 0.3) is 10.4 Å². The lowest BCUT2D eigenvalue weighted by molar-refractivity contribution is 0.0692. The van der Waals surface area contributed by atoms with E-state index >= 15 is 0 Å². The van der Waals surface area contributed by atoms with Gasteiger partial charge in [0.15, 0.2) is 16.8 Å². The Balaban J connectivity index is 1.83. The van der Waals surface area contributed by atoms with E-state index in [0.717, 1.165) is 23.5 Å². The smallest absolute Gasteiger partial charge is 0.336 e. The monoisotopic (exact) mass is 360 g/mol. The van der Waals surface area contributed by atoms with E-state index in [-0.39, 0.29) is 16.3 Å². The molecule has 0 aliphatic rings. The summed E-state index contributed by atoms with van der Waals surface area (Å²) in [7, 11) is 0. The second-order valence-electron chi connectivity index (χ2n) is 4.96. The van der Waals surface area contributed by atoms with Crippen molar-refractivity contribution in [2.45, 2.75) is 0 Å². The molecule has 0 bridgehead atoms. The summed E-state index contributed by atoms with van der Waals surface area (Å²) in [6, 6.07) is 9.23. The van der Waals surface area contributed by atoms with Gasteiger partial charge in [-0.2, -0.15) is 0 Å². The fourth-order valence-corrected chi connectivity index (χ4v) is 2.95. The van der Waals surface area contributed by atoms with Crippen LogP contribution in [0.2, 0.25) is 0 Å². The van der Waals surface area contributed by atoms with Crippen molar-refractivity contribution in [3.8, 4) is 10.4 Å². The second-order valence-corrected chi connectivity index (χ2v) is 5.99. The first kappa shape index (κ1) is 16.7. The molecule has 1 heterocycles. The number of carbonyl (C=O) groups excluding carboxylic acids is 1. The Morgan fingerprint density at radius 1 is 1.04 bits per heavy atom. The van der Waals surface area contributed by atoms with Crippen molar-refractivity contribution < 1.29 is 23.5 Å². The molecule has 0 aliphatic carbocycles. The number of aromatic carboxylic acids is 1. The molecule has 8 heteroatoms. The highest BCUT2D eigenvalue weighted by Gasteiger charge is 2.17. The van der Waals surface area contributed by atoms with Gasteiger partial charge in [0.05, 0.1) is 16.0 Å². The van der Waals surface area contributed by atoms with Gasteiger partial charge in [0.25, 0.3) is 5.91 Å². The summed E-state index contributed by atoms with van der Waals surface area (Å²) in [5.74, 6) is -3.77. The van der Waals surface area contributed by atoms with E-state index in [1.165, 1.54) is 30.5 Å². The molecular formula is C17H10F2N2O3S. The minimum atomic E-state index is -1.22. The number of hydrogen-bond acceptors (Lipinski definition) is 4. The summed E-state index contributed by atoms with van der Waals surface area (Å²) < 4.78 is 26.3. The molecule has 2 N–H and O–H groups in total. The van der Waals surface area contributed by atoms with Gasteiger partial charge in [-0.05, 0) is 29.8 Å². The first-order chi connectivity index (χ1) is 12.0. The first-order valence-electron chi connectivity index (χ1n) is 7.00. The lowest BCUT2D eigenvalue weighted by Gasteiger charge is -2.05. The number of aromatic nitrogens is 1. The highest BCUT2D eigenvalue weighted by molar-refractivity contribution is 7.19. The summed E-state index contributed by atoms with van der Waals surface area (Å²) in [4.78, 5) is 28.0. The van der Waals surface area contributed by atoms with E-state index in [4.69, 9.17) is 5.11 Å². The maximum atomic E-state index is 13.3.